The van der Waals surface area contributed by atoms with Crippen molar-refractivity contribution in [2.75, 3.05) is 0 Å². The minimum Gasteiger partial charge on any atom is -0.478 e. The first-order valence-corrected chi connectivity index (χ1v) is 5.28. The zero-order chi connectivity index (χ0) is 11.7. The second kappa shape index (κ2) is 4.09. The molecular formula is C10H10ClN3O2. The summed E-state index contributed by atoms with van der Waals surface area (Å²) in [5.74, 6) is -0.274. The number of fused-ring (bicyclic) bond motifs is 1. The Kier molecular flexibility index (Phi) is 2.78. The number of carboxylic acid groups (broad SMARTS) is 1. The zero-order valence-electron chi connectivity index (χ0n) is 8.64. The third kappa shape index (κ3) is 1.74. The van der Waals surface area contributed by atoms with E-state index in [0.29, 0.717) is 10.8 Å². The monoisotopic (exact) mass is 239 g/mol. The molecular weight excluding hydrogens is 230 g/mol. The van der Waals surface area contributed by atoms with Crippen LogP contribution < -0.4 is 0 Å². The lowest BCUT2D eigenvalue weighted by molar-refractivity contribution is 0.0697. The number of hydrogen-bond donors (Lipinski definition) is 1. The molecule has 2 aromatic heterocycles. The van der Waals surface area contributed by atoms with Crippen molar-refractivity contribution in [3.05, 3.63) is 28.7 Å². The normalized spacial score (nSPS) is 10.9. The van der Waals surface area contributed by atoms with Crippen LogP contribution in [0, 0.1) is 0 Å². The third-order valence-electron chi connectivity index (χ3n) is 2.25. The fourth-order valence-corrected chi connectivity index (χ4v) is 1.84. The molecule has 0 radical (unpaired) electrons. The molecule has 0 unspecified atom stereocenters. The van der Waals surface area contributed by atoms with Gasteiger partial charge in [-0.2, -0.15) is 0 Å². The highest BCUT2D eigenvalue weighted by Crippen LogP contribution is 2.17. The van der Waals surface area contributed by atoms with E-state index >= 15 is 0 Å². The molecule has 0 spiro atoms. The minimum absolute atomic E-state index is 0.118. The van der Waals surface area contributed by atoms with E-state index in [4.69, 9.17) is 16.7 Å². The fourth-order valence-electron chi connectivity index (χ4n) is 1.54. The minimum atomic E-state index is -1.02. The highest BCUT2D eigenvalue weighted by atomic mass is 35.5. The van der Waals surface area contributed by atoms with Gasteiger partial charge in [0.05, 0.1) is 5.56 Å². The summed E-state index contributed by atoms with van der Waals surface area (Å²) in [4.78, 5) is 10.8. The number of halogens is 1. The van der Waals surface area contributed by atoms with Crippen molar-refractivity contribution in [1.29, 1.82) is 0 Å². The van der Waals surface area contributed by atoms with Crippen molar-refractivity contribution in [2.24, 2.45) is 0 Å². The van der Waals surface area contributed by atoms with E-state index in [1.807, 2.05) is 6.92 Å². The van der Waals surface area contributed by atoms with Gasteiger partial charge in [0.15, 0.2) is 5.65 Å². The van der Waals surface area contributed by atoms with Crippen molar-refractivity contribution in [3.63, 3.8) is 0 Å². The second-order valence-corrected chi connectivity index (χ2v) is 3.82. The molecule has 6 heteroatoms. The Morgan fingerprint density at radius 3 is 2.88 bits per heavy atom. The molecule has 16 heavy (non-hydrogen) atoms. The summed E-state index contributed by atoms with van der Waals surface area (Å²) in [6.07, 6.45) is 1.69. The van der Waals surface area contributed by atoms with Gasteiger partial charge in [-0.15, -0.1) is 10.2 Å². The lowest BCUT2D eigenvalue weighted by Gasteiger charge is -2.02. The Morgan fingerprint density at radius 1 is 1.50 bits per heavy atom. The average Bonchev–Trinajstić information content (AvgIpc) is 2.62. The first kappa shape index (κ1) is 10.9. The fraction of sp³-hybridized carbons (Fsp3) is 0.300. The van der Waals surface area contributed by atoms with Crippen molar-refractivity contribution >= 4 is 23.2 Å². The molecule has 1 N–H and O–H groups in total. The molecule has 2 rings (SSSR count). The van der Waals surface area contributed by atoms with Crippen LogP contribution in [0.25, 0.3) is 5.65 Å². The third-order valence-corrected chi connectivity index (χ3v) is 2.53. The number of hydrogen-bond acceptors (Lipinski definition) is 3. The van der Waals surface area contributed by atoms with E-state index in [9.17, 15) is 4.79 Å². The SMILES string of the molecule is CCCc1nnc2cc(C(=O)O)cc(Cl)n12. The number of carbonyl (C=O) groups is 1. The smallest absolute Gasteiger partial charge is 0.335 e. The van der Waals surface area contributed by atoms with Crippen LogP contribution >= 0.6 is 11.6 Å². The van der Waals surface area contributed by atoms with Gasteiger partial charge >= 0.3 is 5.97 Å². The molecule has 0 saturated carbocycles. The number of pyridine rings is 1. The number of aromatic nitrogens is 3. The Bertz CT molecular complexity index is 550. The summed E-state index contributed by atoms with van der Waals surface area (Å²) in [7, 11) is 0. The molecule has 0 bridgehead atoms. The Morgan fingerprint density at radius 2 is 2.25 bits per heavy atom. The van der Waals surface area contributed by atoms with E-state index in [1.54, 1.807) is 4.40 Å². The van der Waals surface area contributed by atoms with Gasteiger partial charge in [-0.3, -0.25) is 4.40 Å². The van der Waals surface area contributed by atoms with Crippen LogP contribution in [0.3, 0.4) is 0 Å². The number of nitrogens with zero attached hydrogens (tertiary/aromatic N) is 3. The quantitative estimate of drug-likeness (QED) is 0.833. The maximum absolute atomic E-state index is 10.8. The molecule has 0 amide bonds. The van der Waals surface area contributed by atoms with Crippen molar-refractivity contribution in [3.8, 4) is 0 Å². The van der Waals surface area contributed by atoms with Gasteiger partial charge in [-0.1, -0.05) is 18.5 Å². The Labute approximate surface area is 96.7 Å². The Hall–Kier alpha value is -1.62. The molecule has 0 aromatic carbocycles. The highest BCUT2D eigenvalue weighted by Gasteiger charge is 2.12. The van der Waals surface area contributed by atoms with Gasteiger partial charge in [0, 0.05) is 6.42 Å². The van der Waals surface area contributed by atoms with Crippen LogP contribution in [0.4, 0.5) is 0 Å². The van der Waals surface area contributed by atoms with Crippen LogP contribution in [0.5, 0.6) is 0 Å². The molecule has 2 aromatic rings. The van der Waals surface area contributed by atoms with E-state index in [-0.39, 0.29) is 5.56 Å². The van der Waals surface area contributed by atoms with E-state index in [0.717, 1.165) is 18.7 Å². The molecule has 0 saturated heterocycles. The van der Waals surface area contributed by atoms with E-state index in [2.05, 4.69) is 10.2 Å². The molecule has 0 fully saturated rings. The van der Waals surface area contributed by atoms with Crippen LogP contribution in [-0.2, 0) is 6.42 Å². The van der Waals surface area contributed by atoms with Gasteiger partial charge in [-0.05, 0) is 18.6 Å². The number of rotatable bonds is 3. The number of aryl methyl sites for hydroxylation is 1. The summed E-state index contributed by atoms with van der Waals surface area (Å²) in [5.41, 5.74) is 0.585. The summed E-state index contributed by atoms with van der Waals surface area (Å²) in [5, 5.41) is 17.1. The van der Waals surface area contributed by atoms with Gasteiger partial charge < -0.3 is 5.11 Å². The van der Waals surface area contributed by atoms with Crippen LogP contribution in [0.2, 0.25) is 5.15 Å². The lowest BCUT2D eigenvalue weighted by Crippen LogP contribution is -2.01. The Balaban J connectivity index is 2.64. The number of carboxylic acids is 1. The van der Waals surface area contributed by atoms with Crippen molar-refractivity contribution in [2.45, 2.75) is 19.8 Å². The van der Waals surface area contributed by atoms with Gasteiger partial charge in [-0.25, -0.2) is 4.79 Å². The van der Waals surface area contributed by atoms with Gasteiger partial charge in [0.25, 0.3) is 0 Å². The van der Waals surface area contributed by atoms with Gasteiger partial charge in [0.2, 0.25) is 0 Å². The predicted octanol–water partition coefficient (Wildman–Crippen LogP) is 2.03. The first-order valence-electron chi connectivity index (χ1n) is 4.90. The molecule has 2 heterocycles. The average molecular weight is 240 g/mol. The maximum atomic E-state index is 10.8. The van der Waals surface area contributed by atoms with Crippen LogP contribution in [0.15, 0.2) is 12.1 Å². The summed E-state index contributed by atoms with van der Waals surface area (Å²) >= 11 is 6.01. The van der Waals surface area contributed by atoms with Crippen LogP contribution in [0.1, 0.15) is 29.5 Å². The highest BCUT2D eigenvalue weighted by molar-refractivity contribution is 6.30. The summed E-state index contributed by atoms with van der Waals surface area (Å²) in [6.45, 7) is 2.03. The zero-order valence-corrected chi connectivity index (χ0v) is 9.40. The van der Waals surface area contributed by atoms with Gasteiger partial charge in [0.1, 0.15) is 11.0 Å². The van der Waals surface area contributed by atoms with Crippen molar-refractivity contribution in [1.82, 2.24) is 14.6 Å². The second-order valence-electron chi connectivity index (χ2n) is 3.43. The largest absolute Gasteiger partial charge is 0.478 e. The lowest BCUT2D eigenvalue weighted by atomic mass is 10.2. The maximum Gasteiger partial charge on any atom is 0.335 e. The summed E-state index contributed by atoms with van der Waals surface area (Å²) < 4.78 is 1.66. The standard InChI is InChI=1S/C10H10ClN3O2/c1-2-3-8-12-13-9-5-6(10(15)16)4-7(11)14(8)9/h4-5H,2-3H2,1H3,(H,15,16). The molecule has 5 nitrogen and oxygen atoms in total. The molecule has 0 aliphatic heterocycles. The first-order chi connectivity index (χ1) is 7.63. The topological polar surface area (TPSA) is 67.5 Å². The van der Waals surface area contributed by atoms with Crippen molar-refractivity contribution < 1.29 is 9.90 Å². The molecule has 0 aliphatic rings. The number of aromatic carboxylic acids is 1. The molecule has 0 atom stereocenters. The molecule has 84 valence electrons. The van der Waals surface area contributed by atoms with Crippen LogP contribution in [-0.4, -0.2) is 25.7 Å². The molecule has 0 aliphatic carbocycles. The summed E-state index contributed by atoms with van der Waals surface area (Å²) in [6, 6.07) is 2.86. The predicted molar refractivity (Wildman–Crippen MR) is 59.0 cm³/mol. The van der Waals surface area contributed by atoms with E-state index < -0.39 is 5.97 Å². The van der Waals surface area contributed by atoms with E-state index in [1.165, 1.54) is 12.1 Å².